The maximum absolute atomic E-state index is 11.6. The Hall–Kier alpha value is -1.88. The van der Waals surface area contributed by atoms with E-state index in [4.69, 9.17) is 0 Å². The van der Waals surface area contributed by atoms with E-state index in [9.17, 15) is 4.79 Å². The van der Waals surface area contributed by atoms with Crippen molar-refractivity contribution in [3.05, 3.63) is 58.3 Å². The Labute approximate surface area is 113 Å². The van der Waals surface area contributed by atoms with Gasteiger partial charge < -0.3 is 5.32 Å². The highest BCUT2D eigenvalue weighted by Crippen LogP contribution is 2.12. The Morgan fingerprint density at radius 3 is 3.11 bits per heavy atom. The molecule has 2 aromatic rings. The number of halogens is 1. The molecule has 0 radical (unpaired) electrons. The standard InChI is InChI=1S/C13H12BrN3O/c14-12-3-1-2-10(6-12)4-5-13(18)15-7-11-8-16-17-9-11/h1-6,8-9H,7H2,(H,15,18)(H,16,17)/b5-4+. The van der Waals surface area contributed by atoms with Crippen molar-refractivity contribution in [2.75, 3.05) is 0 Å². The molecule has 0 saturated heterocycles. The highest BCUT2D eigenvalue weighted by atomic mass is 79.9. The van der Waals surface area contributed by atoms with Gasteiger partial charge in [0.1, 0.15) is 0 Å². The normalized spacial score (nSPS) is 10.7. The first kappa shape index (κ1) is 12.6. The van der Waals surface area contributed by atoms with Gasteiger partial charge in [0.2, 0.25) is 5.91 Å². The summed E-state index contributed by atoms with van der Waals surface area (Å²) in [4.78, 5) is 11.6. The molecule has 1 heterocycles. The van der Waals surface area contributed by atoms with Crippen molar-refractivity contribution in [3.8, 4) is 0 Å². The minimum atomic E-state index is -0.129. The summed E-state index contributed by atoms with van der Waals surface area (Å²) >= 11 is 3.38. The summed E-state index contributed by atoms with van der Waals surface area (Å²) in [5.74, 6) is -0.129. The first-order valence-corrected chi connectivity index (χ1v) is 6.22. The maximum Gasteiger partial charge on any atom is 0.244 e. The third-order valence-corrected chi connectivity index (χ3v) is 2.79. The average Bonchev–Trinajstić information content (AvgIpc) is 2.87. The van der Waals surface area contributed by atoms with E-state index in [0.29, 0.717) is 6.54 Å². The summed E-state index contributed by atoms with van der Waals surface area (Å²) in [5, 5.41) is 9.27. The third kappa shape index (κ3) is 3.85. The smallest absolute Gasteiger partial charge is 0.244 e. The summed E-state index contributed by atoms with van der Waals surface area (Å²) in [7, 11) is 0. The summed E-state index contributed by atoms with van der Waals surface area (Å²) < 4.78 is 0.989. The first-order valence-electron chi connectivity index (χ1n) is 5.43. The molecule has 5 heteroatoms. The van der Waals surface area contributed by atoms with Crippen LogP contribution in [0.2, 0.25) is 0 Å². The summed E-state index contributed by atoms with van der Waals surface area (Å²) in [5.41, 5.74) is 1.92. The lowest BCUT2D eigenvalue weighted by molar-refractivity contribution is -0.116. The van der Waals surface area contributed by atoms with E-state index >= 15 is 0 Å². The number of aromatic amines is 1. The first-order chi connectivity index (χ1) is 8.74. The summed E-state index contributed by atoms with van der Waals surface area (Å²) in [6.45, 7) is 0.470. The van der Waals surface area contributed by atoms with Gasteiger partial charge in [0.15, 0.2) is 0 Å². The Kier molecular flexibility index (Phi) is 4.30. The van der Waals surface area contributed by atoms with Gasteiger partial charge in [-0.2, -0.15) is 5.10 Å². The van der Waals surface area contributed by atoms with Crippen LogP contribution in [0.1, 0.15) is 11.1 Å². The monoisotopic (exact) mass is 305 g/mol. The van der Waals surface area contributed by atoms with Crippen LogP contribution in [0.5, 0.6) is 0 Å². The van der Waals surface area contributed by atoms with Crippen LogP contribution in [0.4, 0.5) is 0 Å². The minimum absolute atomic E-state index is 0.129. The van der Waals surface area contributed by atoms with E-state index in [2.05, 4.69) is 31.4 Å². The van der Waals surface area contributed by atoms with E-state index in [-0.39, 0.29) is 5.91 Å². The molecule has 2 N–H and O–H groups in total. The lowest BCUT2D eigenvalue weighted by Crippen LogP contribution is -2.19. The van der Waals surface area contributed by atoms with E-state index in [1.807, 2.05) is 24.3 Å². The predicted octanol–water partition coefficient (Wildman–Crippen LogP) is 2.50. The van der Waals surface area contributed by atoms with E-state index < -0.39 is 0 Å². The van der Waals surface area contributed by atoms with Gasteiger partial charge in [0, 0.05) is 28.9 Å². The molecule has 1 amide bonds. The fourth-order valence-corrected chi connectivity index (χ4v) is 1.82. The van der Waals surface area contributed by atoms with Crippen LogP contribution in [-0.2, 0) is 11.3 Å². The van der Waals surface area contributed by atoms with Crippen LogP contribution < -0.4 is 5.32 Å². The zero-order chi connectivity index (χ0) is 12.8. The Morgan fingerprint density at radius 2 is 2.39 bits per heavy atom. The Balaban J connectivity index is 1.87. The van der Waals surface area contributed by atoms with Crippen molar-refractivity contribution in [2.45, 2.75) is 6.54 Å². The zero-order valence-corrected chi connectivity index (χ0v) is 11.1. The molecule has 2 rings (SSSR count). The molecule has 0 saturated carbocycles. The van der Waals surface area contributed by atoms with Gasteiger partial charge in [0.25, 0.3) is 0 Å². The van der Waals surface area contributed by atoms with Crippen LogP contribution in [0.15, 0.2) is 47.2 Å². The van der Waals surface area contributed by atoms with Crippen LogP contribution in [0.3, 0.4) is 0 Å². The van der Waals surface area contributed by atoms with Crippen LogP contribution >= 0.6 is 15.9 Å². The van der Waals surface area contributed by atoms with Gasteiger partial charge >= 0.3 is 0 Å². The molecule has 0 unspecified atom stereocenters. The maximum atomic E-state index is 11.6. The molecular weight excluding hydrogens is 294 g/mol. The lowest BCUT2D eigenvalue weighted by atomic mass is 10.2. The second-order valence-corrected chi connectivity index (χ2v) is 4.63. The van der Waals surface area contributed by atoms with E-state index in [0.717, 1.165) is 15.6 Å². The molecule has 0 aliphatic heterocycles. The number of rotatable bonds is 4. The molecule has 1 aromatic carbocycles. The van der Waals surface area contributed by atoms with Crippen molar-refractivity contribution in [2.24, 2.45) is 0 Å². The quantitative estimate of drug-likeness (QED) is 0.853. The van der Waals surface area contributed by atoms with E-state index in [1.54, 1.807) is 18.5 Å². The van der Waals surface area contributed by atoms with Gasteiger partial charge in [-0.15, -0.1) is 0 Å². The highest BCUT2D eigenvalue weighted by molar-refractivity contribution is 9.10. The highest BCUT2D eigenvalue weighted by Gasteiger charge is 1.97. The molecule has 18 heavy (non-hydrogen) atoms. The second-order valence-electron chi connectivity index (χ2n) is 3.71. The molecule has 0 aliphatic rings. The largest absolute Gasteiger partial charge is 0.348 e. The van der Waals surface area contributed by atoms with Gasteiger partial charge in [-0.1, -0.05) is 28.1 Å². The number of carbonyl (C=O) groups excluding carboxylic acids is 1. The number of carbonyl (C=O) groups is 1. The lowest BCUT2D eigenvalue weighted by Gasteiger charge is -1.98. The fourth-order valence-electron chi connectivity index (χ4n) is 1.40. The number of hydrogen-bond donors (Lipinski definition) is 2. The second kappa shape index (κ2) is 6.16. The molecule has 1 aromatic heterocycles. The molecule has 4 nitrogen and oxygen atoms in total. The number of benzene rings is 1. The molecule has 0 atom stereocenters. The van der Waals surface area contributed by atoms with Crippen molar-refractivity contribution >= 4 is 27.9 Å². The van der Waals surface area contributed by atoms with E-state index in [1.165, 1.54) is 6.08 Å². The predicted molar refractivity (Wildman–Crippen MR) is 73.6 cm³/mol. The number of H-pyrrole nitrogens is 1. The SMILES string of the molecule is O=C(/C=C/c1cccc(Br)c1)NCc1cn[nH]c1. The zero-order valence-electron chi connectivity index (χ0n) is 9.56. The van der Waals surface area contributed by atoms with Crippen molar-refractivity contribution in [3.63, 3.8) is 0 Å². The summed E-state index contributed by atoms with van der Waals surface area (Å²) in [6, 6.07) is 7.74. The topological polar surface area (TPSA) is 57.8 Å². The molecule has 0 aliphatic carbocycles. The van der Waals surface area contributed by atoms with Crippen molar-refractivity contribution < 1.29 is 4.79 Å². The van der Waals surface area contributed by atoms with Crippen LogP contribution in [0, 0.1) is 0 Å². The van der Waals surface area contributed by atoms with Crippen LogP contribution in [-0.4, -0.2) is 16.1 Å². The van der Waals surface area contributed by atoms with Crippen molar-refractivity contribution in [1.29, 1.82) is 0 Å². The Bertz CT molecular complexity index is 549. The van der Waals surface area contributed by atoms with Gasteiger partial charge in [0.05, 0.1) is 6.20 Å². The number of amides is 1. The number of nitrogens with one attached hydrogen (secondary N) is 2. The molecule has 0 fully saturated rings. The average molecular weight is 306 g/mol. The van der Waals surface area contributed by atoms with Gasteiger partial charge in [-0.3, -0.25) is 9.89 Å². The number of aromatic nitrogens is 2. The number of hydrogen-bond acceptors (Lipinski definition) is 2. The molecule has 92 valence electrons. The van der Waals surface area contributed by atoms with Gasteiger partial charge in [-0.25, -0.2) is 0 Å². The molecule has 0 spiro atoms. The summed E-state index contributed by atoms with van der Waals surface area (Å²) in [6.07, 6.45) is 6.72. The molecule has 0 bridgehead atoms. The minimum Gasteiger partial charge on any atom is -0.348 e. The van der Waals surface area contributed by atoms with Gasteiger partial charge in [-0.05, 0) is 23.8 Å². The number of nitrogens with zero attached hydrogens (tertiary/aromatic N) is 1. The van der Waals surface area contributed by atoms with Crippen LogP contribution in [0.25, 0.3) is 6.08 Å². The fraction of sp³-hybridized carbons (Fsp3) is 0.0769. The third-order valence-electron chi connectivity index (χ3n) is 2.30. The molecular formula is C13H12BrN3O. The van der Waals surface area contributed by atoms with Crippen molar-refractivity contribution in [1.82, 2.24) is 15.5 Å². The Morgan fingerprint density at radius 1 is 1.50 bits per heavy atom.